The Morgan fingerprint density at radius 2 is 2.16 bits per heavy atom. The van der Waals surface area contributed by atoms with Gasteiger partial charge in [0.25, 0.3) is 5.91 Å². The van der Waals surface area contributed by atoms with E-state index in [-0.39, 0.29) is 18.2 Å². The monoisotopic (exact) mass is 343 g/mol. The number of H-pyrrole nitrogens is 1. The number of aryl methyl sites for hydroxylation is 1. The molecule has 1 aliphatic carbocycles. The van der Waals surface area contributed by atoms with Crippen LogP contribution in [0.15, 0.2) is 30.3 Å². The van der Waals surface area contributed by atoms with Gasteiger partial charge in [-0.2, -0.15) is 5.10 Å². The zero-order chi connectivity index (χ0) is 17.6. The highest BCUT2D eigenvalue weighted by Crippen LogP contribution is 2.39. The van der Waals surface area contributed by atoms with Crippen LogP contribution in [-0.2, 0) is 9.53 Å². The lowest BCUT2D eigenvalue weighted by atomic mass is 10.2. The molecule has 2 aromatic rings. The molecular weight excluding hydrogens is 322 g/mol. The van der Waals surface area contributed by atoms with Gasteiger partial charge < -0.3 is 14.8 Å². The van der Waals surface area contributed by atoms with Crippen LogP contribution in [0.3, 0.4) is 0 Å². The lowest BCUT2D eigenvalue weighted by Crippen LogP contribution is -2.32. The number of aromatic amines is 1. The molecule has 0 atom stereocenters. The van der Waals surface area contributed by atoms with Crippen molar-refractivity contribution in [2.75, 3.05) is 19.8 Å². The summed E-state index contributed by atoms with van der Waals surface area (Å²) in [4.78, 5) is 23.5. The summed E-state index contributed by atoms with van der Waals surface area (Å²) >= 11 is 0. The van der Waals surface area contributed by atoms with Crippen molar-refractivity contribution >= 4 is 11.9 Å². The van der Waals surface area contributed by atoms with E-state index in [2.05, 4.69) is 15.5 Å². The Kier molecular flexibility index (Phi) is 5.33. The molecule has 1 aromatic carbocycles. The van der Waals surface area contributed by atoms with Crippen LogP contribution in [0.25, 0.3) is 0 Å². The van der Waals surface area contributed by atoms with Crippen LogP contribution in [0, 0.1) is 6.92 Å². The van der Waals surface area contributed by atoms with Gasteiger partial charge in [-0.3, -0.25) is 9.89 Å². The van der Waals surface area contributed by atoms with Crippen LogP contribution in [0.5, 0.6) is 5.75 Å². The molecule has 7 heteroatoms. The second-order valence-corrected chi connectivity index (χ2v) is 6.07. The summed E-state index contributed by atoms with van der Waals surface area (Å²) in [5.41, 5.74) is 2.26. The molecule has 1 aromatic heterocycles. The number of esters is 1. The van der Waals surface area contributed by atoms with Gasteiger partial charge in [0.2, 0.25) is 0 Å². The molecule has 0 radical (unpaired) electrons. The molecule has 0 unspecified atom stereocenters. The quantitative estimate of drug-likeness (QED) is 0.564. The Bertz CT molecular complexity index is 752. The molecule has 0 aliphatic heterocycles. The molecule has 0 spiro atoms. The fourth-order valence-corrected chi connectivity index (χ4v) is 2.37. The van der Waals surface area contributed by atoms with E-state index < -0.39 is 5.97 Å². The maximum atomic E-state index is 11.8. The Hall–Kier alpha value is -2.83. The molecule has 1 saturated carbocycles. The van der Waals surface area contributed by atoms with Gasteiger partial charge in [0.05, 0.1) is 6.54 Å². The van der Waals surface area contributed by atoms with E-state index in [1.165, 1.54) is 0 Å². The number of aromatic nitrogens is 2. The van der Waals surface area contributed by atoms with Crippen LogP contribution in [0.4, 0.5) is 0 Å². The SMILES string of the molecule is Cc1cccc(OCCNC(=O)COC(=O)c2cc(C3CC3)[nH]n2)c1. The molecule has 2 N–H and O–H groups in total. The third-order valence-corrected chi connectivity index (χ3v) is 3.84. The molecular formula is C18H21N3O4. The number of nitrogens with one attached hydrogen (secondary N) is 2. The normalized spacial score (nSPS) is 13.3. The standard InChI is InChI=1S/C18H21N3O4/c1-12-3-2-4-14(9-12)24-8-7-19-17(22)11-25-18(23)16-10-15(20-21-16)13-5-6-13/h2-4,9-10,13H,5-8,11H2,1H3,(H,19,22)(H,20,21). The first kappa shape index (κ1) is 17.0. The Morgan fingerprint density at radius 1 is 1.32 bits per heavy atom. The third kappa shape index (κ3) is 5.07. The minimum atomic E-state index is -0.602. The zero-order valence-electron chi connectivity index (χ0n) is 14.1. The molecule has 1 fully saturated rings. The van der Waals surface area contributed by atoms with Gasteiger partial charge in [0.1, 0.15) is 12.4 Å². The first-order valence-electron chi connectivity index (χ1n) is 8.30. The smallest absolute Gasteiger partial charge is 0.359 e. The van der Waals surface area contributed by atoms with Crippen molar-refractivity contribution < 1.29 is 19.1 Å². The van der Waals surface area contributed by atoms with E-state index in [1.807, 2.05) is 31.2 Å². The molecule has 1 heterocycles. The van der Waals surface area contributed by atoms with Crippen molar-refractivity contribution in [2.45, 2.75) is 25.7 Å². The molecule has 132 valence electrons. The van der Waals surface area contributed by atoms with E-state index in [4.69, 9.17) is 9.47 Å². The number of rotatable bonds is 8. The van der Waals surface area contributed by atoms with Gasteiger partial charge in [-0.05, 0) is 43.5 Å². The van der Waals surface area contributed by atoms with E-state index in [9.17, 15) is 9.59 Å². The average molecular weight is 343 g/mol. The first-order valence-corrected chi connectivity index (χ1v) is 8.30. The minimum Gasteiger partial charge on any atom is -0.492 e. The van der Waals surface area contributed by atoms with Crippen LogP contribution in [0.1, 0.15) is 40.5 Å². The summed E-state index contributed by atoms with van der Waals surface area (Å²) in [6, 6.07) is 9.36. The maximum absolute atomic E-state index is 11.8. The van der Waals surface area contributed by atoms with Gasteiger partial charge in [0.15, 0.2) is 12.3 Å². The number of carbonyl (C=O) groups excluding carboxylic acids is 2. The van der Waals surface area contributed by atoms with Crippen LogP contribution in [0.2, 0.25) is 0 Å². The van der Waals surface area contributed by atoms with Gasteiger partial charge in [-0.1, -0.05) is 12.1 Å². The van der Waals surface area contributed by atoms with Crippen molar-refractivity contribution in [3.8, 4) is 5.75 Å². The summed E-state index contributed by atoms with van der Waals surface area (Å²) in [6.45, 7) is 2.32. The summed E-state index contributed by atoms with van der Waals surface area (Å²) in [7, 11) is 0. The number of amides is 1. The maximum Gasteiger partial charge on any atom is 0.359 e. The van der Waals surface area contributed by atoms with Crippen LogP contribution in [-0.4, -0.2) is 41.8 Å². The molecule has 25 heavy (non-hydrogen) atoms. The highest BCUT2D eigenvalue weighted by atomic mass is 16.5. The second kappa shape index (κ2) is 7.83. The fourth-order valence-electron chi connectivity index (χ4n) is 2.37. The van der Waals surface area contributed by atoms with Gasteiger partial charge >= 0.3 is 5.97 Å². The van der Waals surface area contributed by atoms with E-state index in [1.54, 1.807) is 6.07 Å². The minimum absolute atomic E-state index is 0.206. The number of carbonyl (C=O) groups is 2. The third-order valence-electron chi connectivity index (χ3n) is 3.84. The van der Waals surface area contributed by atoms with Gasteiger partial charge in [0, 0.05) is 11.6 Å². The average Bonchev–Trinajstić information content (AvgIpc) is 3.33. The van der Waals surface area contributed by atoms with Crippen molar-refractivity contribution in [3.63, 3.8) is 0 Å². The van der Waals surface area contributed by atoms with Crippen LogP contribution < -0.4 is 10.1 Å². The predicted octanol–water partition coefficient (Wildman–Crippen LogP) is 1.95. The summed E-state index contributed by atoms with van der Waals surface area (Å²) in [5.74, 6) is 0.255. The predicted molar refractivity (Wildman–Crippen MR) is 90.5 cm³/mol. The molecule has 7 nitrogen and oxygen atoms in total. The lowest BCUT2D eigenvalue weighted by Gasteiger charge is -2.08. The molecule has 0 saturated heterocycles. The summed E-state index contributed by atoms with van der Waals surface area (Å²) in [5, 5.41) is 9.39. The molecule has 1 aliphatic rings. The second-order valence-electron chi connectivity index (χ2n) is 6.07. The number of ether oxygens (including phenoxy) is 2. The topological polar surface area (TPSA) is 93.3 Å². The molecule has 1 amide bonds. The van der Waals surface area contributed by atoms with Crippen molar-refractivity contribution in [1.29, 1.82) is 0 Å². The van der Waals surface area contributed by atoms with Crippen molar-refractivity contribution in [2.24, 2.45) is 0 Å². The Labute approximate surface area is 145 Å². The Balaban J connectivity index is 1.32. The lowest BCUT2D eigenvalue weighted by molar-refractivity contribution is -0.124. The van der Waals surface area contributed by atoms with Gasteiger partial charge in [-0.15, -0.1) is 0 Å². The zero-order valence-corrected chi connectivity index (χ0v) is 14.1. The van der Waals surface area contributed by atoms with E-state index >= 15 is 0 Å². The molecule has 0 bridgehead atoms. The fraction of sp³-hybridized carbons (Fsp3) is 0.389. The highest BCUT2D eigenvalue weighted by molar-refractivity contribution is 5.89. The number of hydrogen-bond acceptors (Lipinski definition) is 5. The summed E-state index contributed by atoms with van der Waals surface area (Å²) in [6.07, 6.45) is 2.23. The number of benzene rings is 1. The largest absolute Gasteiger partial charge is 0.492 e. The van der Waals surface area contributed by atoms with Crippen molar-refractivity contribution in [3.05, 3.63) is 47.3 Å². The Morgan fingerprint density at radius 3 is 2.92 bits per heavy atom. The summed E-state index contributed by atoms with van der Waals surface area (Å²) < 4.78 is 10.5. The van der Waals surface area contributed by atoms with Crippen LogP contribution >= 0.6 is 0 Å². The highest BCUT2D eigenvalue weighted by Gasteiger charge is 2.26. The van der Waals surface area contributed by atoms with Gasteiger partial charge in [-0.25, -0.2) is 4.79 Å². The first-order chi connectivity index (χ1) is 12.1. The number of hydrogen-bond donors (Lipinski definition) is 2. The van der Waals surface area contributed by atoms with Crippen molar-refractivity contribution in [1.82, 2.24) is 15.5 Å². The van der Waals surface area contributed by atoms with E-state index in [0.29, 0.717) is 19.1 Å². The van der Waals surface area contributed by atoms with E-state index in [0.717, 1.165) is 29.8 Å². The number of nitrogens with zero attached hydrogens (tertiary/aromatic N) is 1. The molecule has 3 rings (SSSR count).